The van der Waals surface area contributed by atoms with E-state index in [4.69, 9.17) is 22.1 Å². The molecule has 1 aromatic heterocycles. The number of primary amides is 1. The summed E-state index contributed by atoms with van der Waals surface area (Å²) in [6.45, 7) is 4.34. The number of carbonyl (C=O) groups excluding carboxylic acids is 7. The van der Waals surface area contributed by atoms with Crippen molar-refractivity contribution in [2.24, 2.45) is 17.1 Å². The second-order valence-electron chi connectivity index (χ2n) is 18.7. The molecule has 374 valence electrons. The van der Waals surface area contributed by atoms with E-state index in [2.05, 4.69) is 26.6 Å². The number of pyridine rings is 1. The van der Waals surface area contributed by atoms with E-state index in [0.29, 0.717) is 37.1 Å². The maximum atomic E-state index is 15.9. The van der Waals surface area contributed by atoms with Gasteiger partial charge in [-0.25, -0.2) is 18.8 Å². The number of carboxylic acid groups (broad SMARTS) is 1. The minimum Gasteiger partial charge on any atom is -0.477 e. The first-order valence-electron chi connectivity index (χ1n) is 23.4. The number of carbonyl (C=O) groups is 8. The molecule has 2 aromatic carbocycles. The van der Waals surface area contributed by atoms with E-state index in [9.17, 15) is 48.3 Å². The Morgan fingerprint density at radius 1 is 0.957 bits per heavy atom. The van der Waals surface area contributed by atoms with E-state index in [1.165, 1.54) is 18.3 Å². The van der Waals surface area contributed by atoms with Crippen LogP contribution in [0.3, 0.4) is 0 Å². The second kappa shape index (κ2) is 21.7. The Bertz CT molecular complexity index is 2650. The third-order valence-electron chi connectivity index (χ3n) is 13.1. The van der Waals surface area contributed by atoms with Gasteiger partial charge in [0.05, 0.1) is 27.7 Å². The number of aromatic nitrogens is 1. The fourth-order valence-corrected chi connectivity index (χ4v) is 9.39. The first-order valence-corrected chi connectivity index (χ1v) is 23.8. The second-order valence-corrected chi connectivity index (χ2v) is 19.1. The summed E-state index contributed by atoms with van der Waals surface area (Å²) in [4.78, 5) is 116. The third-order valence-corrected chi connectivity index (χ3v) is 13.5. The van der Waals surface area contributed by atoms with Gasteiger partial charge >= 0.3 is 18.1 Å². The molecule has 8 amide bonds. The van der Waals surface area contributed by atoms with Crippen molar-refractivity contribution in [3.63, 3.8) is 0 Å². The Kier molecular flexibility index (Phi) is 15.8. The highest BCUT2D eigenvalue weighted by molar-refractivity contribution is 6.38. The number of aromatic carboxylic acids is 1. The Hall–Kier alpha value is -7.03. The fourth-order valence-electron chi connectivity index (χ4n) is 8.98. The molecule has 3 aromatic rings. The minimum absolute atomic E-state index is 0.00128. The van der Waals surface area contributed by atoms with E-state index >= 15 is 4.39 Å². The number of urea groups is 1. The number of amides is 8. The number of hydrogen-bond acceptors (Lipinski definition) is 11. The van der Waals surface area contributed by atoms with Crippen molar-refractivity contribution in [1.29, 1.82) is 0 Å². The van der Waals surface area contributed by atoms with Crippen molar-refractivity contribution in [2.45, 2.75) is 109 Å². The molecule has 1 spiro atoms. The summed E-state index contributed by atoms with van der Waals surface area (Å²) in [6.07, 6.45) is 8.08. The van der Waals surface area contributed by atoms with Gasteiger partial charge < -0.3 is 51.6 Å². The summed E-state index contributed by atoms with van der Waals surface area (Å²) >= 11 is 6.89. The highest BCUT2D eigenvalue weighted by Gasteiger charge is 2.56. The molecule has 2 aliphatic heterocycles. The summed E-state index contributed by atoms with van der Waals surface area (Å²) in [7, 11) is 0. The summed E-state index contributed by atoms with van der Waals surface area (Å²) in [5, 5.41) is 23.2. The Morgan fingerprint density at radius 3 is 2.29 bits per heavy atom. The van der Waals surface area contributed by atoms with Crippen molar-refractivity contribution in [3.05, 3.63) is 80.9 Å². The lowest BCUT2D eigenvalue weighted by atomic mass is 10.0. The van der Waals surface area contributed by atoms with Gasteiger partial charge in [-0.15, -0.1) is 0 Å². The number of carboxylic acids is 1. The molecule has 3 atom stereocenters. The average molecular weight is 990 g/mol. The van der Waals surface area contributed by atoms with Crippen LogP contribution in [0.1, 0.15) is 100 Å². The van der Waals surface area contributed by atoms with Crippen LogP contribution in [0.15, 0.2) is 53.5 Å². The number of rotatable bonds is 22. The van der Waals surface area contributed by atoms with Crippen LogP contribution in [0.2, 0.25) is 5.02 Å². The Balaban J connectivity index is 0.912. The Morgan fingerprint density at radius 2 is 1.66 bits per heavy atom. The maximum Gasteiger partial charge on any atom is 0.407 e. The number of fused-ring (bicyclic) bond motifs is 1. The highest BCUT2D eigenvalue weighted by atomic mass is 35.5. The molecule has 22 heteroatoms. The van der Waals surface area contributed by atoms with E-state index in [-0.39, 0.29) is 102 Å². The van der Waals surface area contributed by atoms with E-state index < -0.39 is 64.8 Å². The molecular formula is C48H57ClFN9O11. The molecule has 3 fully saturated rings. The average Bonchev–Trinajstić information content (AvgIpc) is 4.24. The Labute approximate surface area is 406 Å². The molecule has 1 saturated heterocycles. The van der Waals surface area contributed by atoms with Gasteiger partial charge in [0.25, 0.3) is 11.8 Å². The highest BCUT2D eigenvalue weighted by Crippen LogP contribution is 2.55. The molecule has 2 saturated carbocycles. The van der Waals surface area contributed by atoms with Gasteiger partial charge in [0, 0.05) is 68.1 Å². The number of alkyl carbamates (subject to hydrolysis) is 1. The number of unbranched alkanes of at least 4 members (excludes halogenated alkanes) is 2. The minimum atomic E-state index is -1.41. The monoisotopic (exact) mass is 989 g/mol. The number of nitrogens with zero attached hydrogens (tertiary/aromatic N) is 3. The standard InChI is InChI=1S/C48H57ClFN9O11/c1-26(2)39(56-35(60)8-4-3-5-20-58-36(61)15-16-37(58)62)44(65)54-33(7-6-19-52-46(51)68)43(64)53-28-11-9-27(10-12-28)24-70-47(69)55-34-23-57(25-48(34)17-18-48)41-32(50)21-30-40(38(41)49)59(29-13-14-29)22-31(42(30)63)45(66)67/h9-12,15-16,21-22,26,29,33-34,39H,3-8,13-14,17-20,23-25H2,1-2H3,(H,53,64)(H,54,65)(H,55,69)(H,56,60)(H,66,67)(H3,51,52,68). The number of anilines is 2. The normalized spacial score (nSPS) is 17.7. The van der Waals surface area contributed by atoms with E-state index in [1.54, 1.807) is 47.6 Å². The first kappa shape index (κ1) is 50.8. The van der Waals surface area contributed by atoms with Crippen molar-refractivity contribution >= 4 is 81.5 Å². The SMILES string of the molecule is CC(C)C(NC(=O)CCCCCN1C(=O)C=CC1=O)C(=O)NC(CCCNC(N)=O)C(=O)Nc1ccc(COC(=O)NC2CN(c3c(F)cc4c(=O)c(C(=O)O)cn(C5CC5)c4c3Cl)CC23CC3)cc1. The van der Waals surface area contributed by atoms with Crippen LogP contribution >= 0.6 is 11.6 Å². The lowest BCUT2D eigenvalue weighted by molar-refractivity contribution is -0.137. The number of benzene rings is 2. The number of ether oxygens (including phenoxy) is 1. The molecule has 2 aliphatic carbocycles. The zero-order chi connectivity index (χ0) is 50.4. The number of hydrogen-bond donors (Lipinski definition) is 7. The number of imide groups is 1. The van der Waals surface area contributed by atoms with Crippen molar-refractivity contribution in [3.8, 4) is 0 Å². The summed E-state index contributed by atoms with van der Waals surface area (Å²) in [5.41, 5.74) is 4.87. The lowest BCUT2D eigenvalue weighted by Gasteiger charge is -2.25. The quantitative estimate of drug-likeness (QED) is 0.0551. The van der Waals surface area contributed by atoms with Gasteiger partial charge in [-0.05, 0) is 81.0 Å². The van der Waals surface area contributed by atoms with Crippen molar-refractivity contribution < 1.29 is 52.6 Å². The van der Waals surface area contributed by atoms with Gasteiger partial charge in [0.15, 0.2) is 0 Å². The number of halogens is 2. The predicted octanol–water partition coefficient (Wildman–Crippen LogP) is 4.22. The molecule has 20 nitrogen and oxygen atoms in total. The largest absolute Gasteiger partial charge is 0.477 e. The molecule has 0 bridgehead atoms. The van der Waals surface area contributed by atoms with Crippen LogP contribution in [-0.2, 0) is 35.3 Å². The lowest BCUT2D eigenvalue weighted by Crippen LogP contribution is -2.54. The van der Waals surface area contributed by atoms with Gasteiger partial charge in [0.1, 0.15) is 30.1 Å². The summed E-state index contributed by atoms with van der Waals surface area (Å²) in [6, 6.07) is 4.23. The van der Waals surface area contributed by atoms with Gasteiger partial charge in [-0.2, -0.15) is 0 Å². The van der Waals surface area contributed by atoms with Crippen molar-refractivity contribution in [2.75, 3.05) is 36.4 Å². The third kappa shape index (κ3) is 12.0. The molecule has 3 heterocycles. The van der Waals surface area contributed by atoms with Crippen LogP contribution in [-0.4, -0.2) is 107 Å². The molecule has 8 N–H and O–H groups in total. The van der Waals surface area contributed by atoms with Gasteiger partial charge in [-0.3, -0.25) is 33.7 Å². The molecular weight excluding hydrogens is 933 g/mol. The van der Waals surface area contributed by atoms with E-state index in [1.807, 2.05) is 0 Å². The summed E-state index contributed by atoms with van der Waals surface area (Å²) in [5.74, 6) is -4.80. The summed E-state index contributed by atoms with van der Waals surface area (Å²) < 4.78 is 23.1. The first-order chi connectivity index (χ1) is 33.3. The van der Waals surface area contributed by atoms with Crippen LogP contribution in [0.4, 0.5) is 25.4 Å². The van der Waals surface area contributed by atoms with E-state index in [0.717, 1.165) is 36.6 Å². The molecule has 4 aliphatic rings. The van der Waals surface area contributed by atoms with Crippen LogP contribution in [0.25, 0.3) is 10.9 Å². The topological polar surface area (TPSA) is 281 Å². The van der Waals surface area contributed by atoms with Gasteiger partial charge in [0.2, 0.25) is 23.2 Å². The van der Waals surface area contributed by atoms with Crippen molar-refractivity contribution in [1.82, 2.24) is 30.7 Å². The van der Waals surface area contributed by atoms with Crippen LogP contribution in [0, 0.1) is 17.2 Å². The van der Waals surface area contributed by atoms with Crippen LogP contribution < -0.4 is 42.6 Å². The molecule has 7 rings (SSSR count). The predicted molar refractivity (Wildman–Crippen MR) is 254 cm³/mol. The molecule has 70 heavy (non-hydrogen) atoms. The molecule has 3 unspecified atom stereocenters. The molecule has 0 radical (unpaired) electrons. The zero-order valence-electron chi connectivity index (χ0n) is 38.8. The van der Waals surface area contributed by atoms with Crippen LogP contribution in [0.5, 0.6) is 0 Å². The fraction of sp³-hybridized carbons (Fsp3) is 0.479. The number of nitrogens with one attached hydrogen (secondary N) is 5. The zero-order valence-corrected chi connectivity index (χ0v) is 39.6. The van der Waals surface area contributed by atoms with Gasteiger partial charge in [-0.1, -0.05) is 44.0 Å². The maximum absolute atomic E-state index is 15.9. The number of nitrogens with two attached hydrogens (primary N) is 1. The smallest absolute Gasteiger partial charge is 0.407 e.